The third kappa shape index (κ3) is 4.18. The quantitative estimate of drug-likeness (QED) is 0.584. The van der Waals surface area contributed by atoms with Gasteiger partial charge in [0.2, 0.25) is 0 Å². The fourth-order valence-electron chi connectivity index (χ4n) is 2.79. The van der Waals surface area contributed by atoms with Crippen LogP contribution in [0.25, 0.3) is 10.2 Å². The van der Waals surface area contributed by atoms with E-state index in [9.17, 15) is 4.79 Å². The van der Waals surface area contributed by atoms with Crippen molar-refractivity contribution in [3.8, 4) is 17.2 Å². The highest BCUT2D eigenvalue weighted by Crippen LogP contribution is 2.26. The summed E-state index contributed by atoms with van der Waals surface area (Å²) in [5, 5.41) is 0. The summed E-state index contributed by atoms with van der Waals surface area (Å²) in [4.78, 5) is 18.0. The maximum absolute atomic E-state index is 12.9. The first-order valence-corrected chi connectivity index (χ1v) is 10.8. The van der Waals surface area contributed by atoms with Gasteiger partial charge in [-0.25, -0.2) is 0 Å². The van der Waals surface area contributed by atoms with Crippen molar-refractivity contribution < 1.29 is 19.0 Å². The van der Waals surface area contributed by atoms with Gasteiger partial charge in [-0.2, -0.15) is 16.8 Å². The van der Waals surface area contributed by atoms with E-state index in [1.165, 1.54) is 18.4 Å². The normalized spacial score (nSPS) is 11.6. The molecule has 3 aromatic rings. The molecular weight excluding hydrogens is 396 g/mol. The van der Waals surface area contributed by atoms with Gasteiger partial charge in [-0.05, 0) is 36.6 Å². The Hall–Kier alpha value is -2.45. The molecule has 0 atom stereocenters. The van der Waals surface area contributed by atoms with Crippen molar-refractivity contribution >= 4 is 39.2 Å². The summed E-state index contributed by atoms with van der Waals surface area (Å²) < 4.78 is 19.0. The second kappa shape index (κ2) is 9.16. The first kappa shape index (κ1) is 20.3. The number of carbonyl (C=O) groups is 1. The van der Waals surface area contributed by atoms with Crippen LogP contribution in [-0.2, 0) is 6.54 Å². The molecule has 0 aliphatic rings. The van der Waals surface area contributed by atoms with E-state index in [1.807, 2.05) is 18.2 Å². The summed E-state index contributed by atoms with van der Waals surface area (Å²) in [5.74, 6) is 2.36. The minimum atomic E-state index is -0.368. The molecule has 0 aliphatic carbocycles. The van der Waals surface area contributed by atoms with Gasteiger partial charge in [0.15, 0.2) is 4.80 Å². The van der Waals surface area contributed by atoms with Gasteiger partial charge >= 0.3 is 0 Å². The largest absolute Gasteiger partial charge is 0.497 e. The standard InChI is InChI=1S/C20H22N2O4S2/c1-24-13-5-7-17(26-3)15(11-13)19(23)21-20-22(9-10-27-4)16-12-14(25-2)6-8-18(16)28-20/h5-8,11-12H,9-10H2,1-4H3. The topological polar surface area (TPSA) is 62.1 Å². The zero-order valence-corrected chi connectivity index (χ0v) is 17.9. The van der Waals surface area contributed by atoms with E-state index in [0.717, 1.165) is 28.3 Å². The number of thioether (sulfide) groups is 1. The molecule has 0 radical (unpaired) electrons. The van der Waals surface area contributed by atoms with Gasteiger partial charge in [0.1, 0.15) is 17.2 Å². The Balaban J connectivity index is 2.14. The lowest BCUT2D eigenvalue weighted by Crippen LogP contribution is -2.18. The van der Waals surface area contributed by atoms with Crippen LogP contribution in [0.1, 0.15) is 10.4 Å². The average molecular weight is 419 g/mol. The number of nitrogens with zero attached hydrogens (tertiary/aromatic N) is 2. The van der Waals surface area contributed by atoms with Crippen LogP contribution in [0, 0.1) is 0 Å². The van der Waals surface area contributed by atoms with Crippen LogP contribution in [0.3, 0.4) is 0 Å². The Kier molecular flexibility index (Phi) is 6.64. The number of fused-ring (bicyclic) bond motifs is 1. The SMILES string of the molecule is COc1ccc(OC)c(C(=O)N=c2sc3ccc(OC)cc3n2CCSC)c1. The van der Waals surface area contributed by atoms with Crippen LogP contribution in [-0.4, -0.2) is 43.8 Å². The molecule has 0 aliphatic heterocycles. The van der Waals surface area contributed by atoms with Crippen molar-refractivity contribution in [1.82, 2.24) is 4.57 Å². The van der Waals surface area contributed by atoms with E-state index in [4.69, 9.17) is 14.2 Å². The van der Waals surface area contributed by atoms with Crippen LogP contribution in [0.2, 0.25) is 0 Å². The van der Waals surface area contributed by atoms with E-state index in [1.54, 1.807) is 44.2 Å². The predicted molar refractivity (Wildman–Crippen MR) is 114 cm³/mol. The minimum Gasteiger partial charge on any atom is -0.497 e. The number of aryl methyl sites for hydroxylation is 1. The molecule has 0 spiro atoms. The lowest BCUT2D eigenvalue weighted by atomic mass is 10.2. The molecule has 28 heavy (non-hydrogen) atoms. The zero-order valence-electron chi connectivity index (χ0n) is 16.2. The number of rotatable bonds is 7. The minimum absolute atomic E-state index is 0.368. The molecule has 0 saturated heterocycles. The van der Waals surface area contributed by atoms with Crippen molar-refractivity contribution in [3.63, 3.8) is 0 Å². The van der Waals surface area contributed by atoms with E-state index in [-0.39, 0.29) is 5.91 Å². The van der Waals surface area contributed by atoms with Gasteiger partial charge in [0.05, 0.1) is 37.1 Å². The van der Waals surface area contributed by atoms with Crippen LogP contribution in [0.4, 0.5) is 0 Å². The summed E-state index contributed by atoms with van der Waals surface area (Å²) in [6.45, 7) is 0.746. The van der Waals surface area contributed by atoms with Gasteiger partial charge in [-0.3, -0.25) is 4.79 Å². The maximum atomic E-state index is 12.9. The molecule has 0 N–H and O–H groups in total. The van der Waals surface area contributed by atoms with Gasteiger partial charge < -0.3 is 18.8 Å². The molecule has 1 aromatic heterocycles. The number of aromatic nitrogens is 1. The Morgan fingerprint density at radius 1 is 1.07 bits per heavy atom. The monoisotopic (exact) mass is 418 g/mol. The molecule has 1 heterocycles. The van der Waals surface area contributed by atoms with E-state index >= 15 is 0 Å². The predicted octanol–water partition coefficient (Wildman–Crippen LogP) is 3.83. The number of methoxy groups -OCH3 is 3. The third-order valence-electron chi connectivity index (χ3n) is 4.24. The Morgan fingerprint density at radius 3 is 2.46 bits per heavy atom. The average Bonchev–Trinajstić information content (AvgIpc) is 3.07. The molecule has 2 aromatic carbocycles. The first-order chi connectivity index (χ1) is 13.6. The second-order valence-electron chi connectivity index (χ2n) is 5.85. The number of ether oxygens (including phenoxy) is 3. The first-order valence-electron chi connectivity index (χ1n) is 8.58. The molecule has 3 rings (SSSR count). The summed E-state index contributed by atoms with van der Waals surface area (Å²) >= 11 is 3.22. The highest BCUT2D eigenvalue weighted by Gasteiger charge is 2.15. The lowest BCUT2D eigenvalue weighted by molar-refractivity contribution is 0.0994. The summed E-state index contributed by atoms with van der Waals surface area (Å²) in [6.07, 6.45) is 2.05. The number of thiazole rings is 1. The fourth-order valence-corrected chi connectivity index (χ4v) is 4.19. The molecule has 6 nitrogen and oxygen atoms in total. The summed E-state index contributed by atoms with van der Waals surface area (Å²) in [5.41, 5.74) is 1.37. The third-order valence-corrected chi connectivity index (χ3v) is 5.89. The Bertz CT molecular complexity index is 1060. The van der Waals surface area contributed by atoms with Crippen molar-refractivity contribution in [1.29, 1.82) is 0 Å². The molecule has 0 saturated carbocycles. The van der Waals surface area contributed by atoms with Crippen LogP contribution < -0.4 is 19.0 Å². The number of benzene rings is 2. The van der Waals surface area contributed by atoms with Crippen molar-refractivity contribution in [2.45, 2.75) is 6.54 Å². The Morgan fingerprint density at radius 2 is 1.79 bits per heavy atom. The van der Waals surface area contributed by atoms with Crippen molar-refractivity contribution in [3.05, 3.63) is 46.8 Å². The van der Waals surface area contributed by atoms with Crippen LogP contribution >= 0.6 is 23.1 Å². The highest BCUT2D eigenvalue weighted by atomic mass is 32.2. The van der Waals surface area contributed by atoms with Crippen LogP contribution in [0.15, 0.2) is 41.4 Å². The molecule has 0 unspecified atom stereocenters. The summed E-state index contributed by atoms with van der Waals surface area (Å²) in [6, 6.07) is 11.0. The Labute approximate surface area is 171 Å². The van der Waals surface area contributed by atoms with Crippen molar-refractivity contribution in [2.75, 3.05) is 33.3 Å². The molecule has 148 valence electrons. The number of hydrogen-bond acceptors (Lipinski definition) is 6. The fraction of sp³-hybridized carbons (Fsp3) is 0.300. The number of carbonyl (C=O) groups excluding carboxylic acids is 1. The van der Waals surface area contributed by atoms with Gasteiger partial charge in [0, 0.05) is 18.4 Å². The lowest BCUT2D eigenvalue weighted by Gasteiger charge is -2.08. The van der Waals surface area contributed by atoms with E-state index in [0.29, 0.717) is 21.9 Å². The van der Waals surface area contributed by atoms with Crippen molar-refractivity contribution in [2.24, 2.45) is 4.99 Å². The molecule has 0 bridgehead atoms. The molecule has 8 heteroatoms. The van der Waals surface area contributed by atoms with E-state index < -0.39 is 0 Å². The van der Waals surface area contributed by atoms with E-state index in [2.05, 4.69) is 15.8 Å². The van der Waals surface area contributed by atoms with Gasteiger partial charge in [-0.1, -0.05) is 11.3 Å². The smallest absolute Gasteiger partial charge is 0.283 e. The summed E-state index contributed by atoms with van der Waals surface area (Å²) in [7, 11) is 4.73. The molecule has 1 amide bonds. The van der Waals surface area contributed by atoms with Gasteiger partial charge in [0.25, 0.3) is 5.91 Å². The number of hydrogen-bond donors (Lipinski definition) is 0. The highest BCUT2D eigenvalue weighted by molar-refractivity contribution is 7.98. The zero-order chi connectivity index (χ0) is 20.1. The molecular formula is C20H22N2O4S2. The van der Waals surface area contributed by atoms with Crippen LogP contribution in [0.5, 0.6) is 17.2 Å². The second-order valence-corrected chi connectivity index (χ2v) is 7.84. The maximum Gasteiger partial charge on any atom is 0.283 e. The van der Waals surface area contributed by atoms with Gasteiger partial charge in [-0.15, -0.1) is 0 Å². The molecule has 0 fully saturated rings. The number of amides is 1.